The summed E-state index contributed by atoms with van der Waals surface area (Å²) >= 11 is 0. The van der Waals surface area contributed by atoms with Crippen molar-refractivity contribution in [2.24, 2.45) is 5.41 Å². The third kappa shape index (κ3) is 2.30. The second-order valence-electron chi connectivity index (χ2n) is 4.10. The topological polar surface area (TPSA) is 64.1 Å². The van der Waals surface area contributed by atoms with Gasteiger partial charge in [0.2, 0.25) is 0 Å². The molecule has 80 valence electrons. The van der Waals surface area contributed by atoms with Crippen LogP contribution < -0.4 is 5.32 Å². The predicted octanol–water partition coefficient (Wildman–Crippen LogP) is 0.243. The highest BCUT2D eigenvalue weighted by molar-refractivity contribution is 5.91. The minimum absolute atomic E-state index is 0.0812. The van der Waals surface area contributed by atoms with Crippen molar-refractivity contribution in [3.63, 3.8) is 0 Å². The van der Waals surface area contributed by atoms with E-state index in [9.17, 15) is 4.79 Å². The van der Waals surface area contributed by atoms with Gasteiger partial charge in [0.05, 0.1) is 13.2 Å². The predicted molar refractivity (Wildman–Crippen MR) is 53.3 cm³/mol. The summed E-state index contributed by atoms with van der Waals surface area (Å²) in [7, 11) is 0. The lowest BCUT2D eigenvalue weighted by Crippen LogP contribution is -2.48. The molecule has 1 aromatic rings. The van der Waals surface area contributed by atoms with Gasteiger partial charge >= 0.3 is 0 Å². The molecule has 15 heavy (non-hydrogen) atoms. The van der Waals surface area contributed by atoms with Crippen LogP contribution in [0, 0.1) is 5.41 Å². The second kappa shape index (κ2) is 3.94. The van der Waals surface area contributed by atoms with Crippen LogP contribution in [0.15, 0.2) is 18.3 Å². The SMILES string of the molecule is CC1(CNC(=O)c2cccnn2)COC1. The van der Waals surface area contributed by atoms with Gasteiger partial charge in [-0.15, -0.1) is 5.10 Å². The number of amides is 1. The van der Waals surface area contributed by atoms with Crippen molar-refractivity contribution in [1.82, 2.24) is 15.5 Å². The van der Waals surface area contributed by atoms with Crippen molar-refractivity contribution in [1.29, 1.82) is 0 Å². The first-order valence-corrected chi connectivity index (χ1v) is 4.83. The Morgan fingerprint density at radius 1 is 1.67 bits per heavy atom. The molecule has 1 aliphatic heterocycles. The maximum absolute atomic E-state index is 11.6. The minimum Gasteiger partial charge on any atom is -0.380 e. The third-order valence-electron chi connectivity index (χ3n) is 2.38. The molecule has 1 amide bonds. The van der Waals surface area contributed by atoms with E-state index in [0.29, 0.717) is 25.5 Å². The van der Waals surface area contributed by atoms with Gasteiger partial charge in [-0.05, 0) is 12.1 Å². The molecule has 0 aliphatic carbocycles. The summed E-state index contributed by atoms with van der Waals surface area (Å²) in [5.74, 6) is -0.184. The Morgan fingerprint density at radius 2 is 2.47 bits per heavy atom. The van der Waals surface area contributed by atoms with Gasteiger partial charge in [0.15, 0.2) is 5.69 Å². The molecule has 2 rings (SSSR count). The van der Waals surface area contributed by atoms with Crippen molar-refractivity contribution >= 4 is 5.91 Å². The maximum Gasteiger partial charge on any atom is 0.271 e. The van der Waals surface area contributed by atoms with E-state index in [4.69, 9.17) is 4.74 Å². The molecule has 0 atom stereocenters. The quantitative estimate of drug-likeness (QED) is 0.771. The Hall–Kier alpha value is -1.49. The van der Waals surface area contributed by atoms with Crippen molar-refractivity contribution in [3.05, 3.63) is 24.0 Å². The molecular weight excluding hydrogens is 194 g/mol. The molecule has 0 saturated carbocycles. The van der Waals surface area contributed by atoms with Crippen LogP contribution in [0.2, 0.25) is 0 Å². The number of hydrogen-bond acceptors (Lipinski definition) is 4. The Morgan fingerprint density at radius 3 is 3.00 bits per heavy atom. The van der Waals surface area contributed by atoms with Crippen LogP contribution in [0.1, 0.15) is 17.4 Å². The average Bonchev–Trinajstić information content (AvgIpc) is 2.24. The standard InChI is InChI=1S/C10H13N3O2/c1-10(6-15-7-10)5-11-9(14)8-3-2-4-12-13-8/h2-4H,5-7H2,1H3,(H,11,14). The van der Waals surface area contributed by atoms with Gasteiger partial charge in [0, 0.05) is 18.2 Å². The summed E-state index contributed by atoms with van der Waals surface area (Å²) in [6.07, 6.45) is 1.54. The lowest BCUT2D eigenvalue weighted by atomic mass is 9.89. The Bertz CT molecular complexity index is 349. The first kappa shape index (κ1) is 10.0. The summed E-state index contributed by atoms with van der Waals surface area (Å²) in [4.78, 5) is 11.6. The van der Waals surface area contributed by atoms with Crippen LogP contribution in [0.5, 0.6) is 0 Å². The van der Waals surface area contributed by atoms with Crippen LogP contribution in [-0.2, 0) is 4.74 Å². The minimum atomic E-state index is -0.184. The van der Waals surface area contributed by atoms with Gasteiger partial charge in [-0.1, -0.05) is 6.92 Å². The molecule has 1 saturated heterocycles. The smallest absolute Gasteiger partial charge is 0.271 e. The van der Waals surface area contributed by atoms with Crippen LogP contribution in [0.4, 0.5) is 0 Å². The number of nitrogens with zero attached hydrogens (tertiary/aromatic N) is 2. The van der Waals surface area contributed by atoms with Crippen LogP contribution in [0.3, 0.4) is 0 Å². The van der Waals surface area contributed by atoms with E-state index >= 15 is 0 Å². The molecular formula is C10H13N3O2. The van der Waals surface area contributed by atoms with E-state index in [-0.39, 0.29) is 11.3 Å². The number of carbonyl (C=O) groups excluding carboxylic acids is 1. The van der Waals surface area contributed by atoms with E-state index < -0.39 is 0 Å². The van der Waals surface area contributed by atoms with Gasteiger partial charge in [-0.3, -0.25) is 4.79 Å². The monoisotopic (exact) mass is 207 g/mol. The highest BCUT2D eigenvalue weighted by Crippen LogP contribution is 2.25. The molecule has 1 aromatic heterocycles. The molecule has 2 heterocycles. The summed E-state index contributed by atoms with van der Waals surface area (Å²) in [6.45, 7) is 4.09. The zero-order valence-electron chi connectivity index (χ0n) is 8.56. The summed E-state index contributed by atoms with van der Waals surface area (Å²) in [5, 5.41) is 10.2. The molecule has 5 heteroatoms. The van der Waals surface area contributed by atoms with Gasteiger partial charge in [0.25, 0.3) is 5.91 Å². The van der Waals surface area contributed by atoms with Crippen molar-refractivity contribution in [2.75, 3.05) is 19.8 Å². The van der Waals surface area contributed by atoms with E-state index in [2.05, 4.69) is 22.4 Å². The van der Waals surface area contributed by atoms with E-state index in [1.807, 2.05) is 0 Å². The fourth-order valence-corrected chi connectivity index (χ4v) is 1.36. The number of aromatic nitrogens is 2. The first-order valence-electron chi connectivity index (χ1n) is 4.83. The second-order valence-corrected chi connectivity index (χ2v) is 4.10. The molecule has 0 unspecified atom stereocenters. The molecule has 5 nitrogen and oxygen atoms in total. The molecule has 0 spiro atoms. The van der Waals surface area contributed by atoms with E-state index in [1.54, 1.807) is 12.1 Å². The highest BCUT2D eigenvalue weighted by atomic mass is 16.5. The summed E-state index contributed by atoms with van der Waals surface area (Å²) in [5.41, 5.74) is 0.430. The average molecular weight is 207 g/mol. The Kier molecular flexibility index (Phi) is 2.64. The van der Waals surface area contributed by atoms with Crippen LogP contribution in [0.25, 0.3) is 0 Å². The van der Waals surface area contributed by atoms with E-state index in [0.717, 1.165) is 0 Å². The fraction of sp³-hybridized carbons (Fsp3) is 0.500. The number of hydrogen-bond donors (Lipinski definition) is 1. The number of nitrogens with one attached hydrogen (secondary N) is 1. The lowest BCUT2D eigenvalue weighted by molar-refractivity contribution is -0.0978. The Balaban J connectivity index is 1.88. The molecule has 1 fully saturated rings. The summed E-state index contributed by atoms with van der Waals surface area (Å²) in [6, 6.07) is 3.33. The van der Waals surface area contributed by atoms with Crippen molar-refractivity contribution in [3.8, 4) is 0 Å². The number of ether oxygens (including phenoxy) is 1. The van der Waals surface area contributed by atoms with Crippen LogP contribution in [-0.4, -0.2) is 35.9 Å². The highest BCUT2D eigenvalue weighted by Gasteiger charge is 2.33. The fourth-order valence-electron chi connectivity index (χ4n) is 1.36. The normalized spacial score (nSPS) is 17.9. The van der Waals surface area contributed by atoms with Crippen molar-refractivity contribution in [2.45, 2.75) is 6.92 Å². The zero-order valence-corrected chi connectivity index (χ0v) is 8.56. The zero-order chi connectivity index (χ0) is 10.7. The lowest BCUT2D eigenvalue weighted by Gasteiger charge is -2.37. The Labute approximate surface area is 87.8 Å². The third-order valence-corrected chi connectivity index (χ3v) is 2.38. The molecule has 0 aromatic carbocycles. The van der Waals surface area contributed by atoms with Crippen LogP contribution >= 0.6 is 0 Å². The largest absolute Gasteiger partial charge is 0.380 e. The van der Waals surface area contributed by atoms with Gasteiger partial charge in [-0.25, -0.2) is 0 Å². The maximum atomic E-state index is 11.6. The molecule has 1 aliphatic rings. The van der Waals surface area contributed by atoms with Gasteiger partial charge < -0.3 is 10.1 Å². The first-order chi connectivity index (χ1) is 7.20. The van der Waals surface area contributed by atoms with Gasteiger partial charge in [-0.2, -0.15) is 5.10 Å². The molecule has 0 bridgehead atoms. The van der Waals surface area contributed by atoms with E-state index in [1.165, 1.54) is 6.20 Å². The number of rotatable bonds is 3. The summed E-state index contributed by atoms with van der Waals surface area (Å²) < 4.78 is 5.10. The molecule has 0 radical (unpaired) electrons. The number of carbonyl (C=O) groups is 1. The van der Waals surface area contributed by atoms with Gasteiger partial charge in [0.1, 0.15) is 0 Å². The van der Waals surface area contributed by atoms with Crippen molar-refractivity contribution < 1.29 is 9.53 Å². The molecule has 1 N–H and O–H groups in total.